The van der Waals surface area contributed by atoms with Gasteiger partial charge in [0.2, 0.25) is 0 Å². The Morgan fingerprint density at radius 1 is 1.78 bits per heavy atom. The Morgan fingerprint density at radius 2 is 2.44 bits per heavy atom. The molecule has 1 N–H and O–H groups in total. The number of rotatable bonds is 1. The molecule has 1 aliphatic rings. The van der Waals surface area contributed by atoms with Crippen molar-refractivity contribution in [3.8, 4) is 0 Å². The van der Waals surface area contributed by atoms with Crippen LogP contribution in [0.25, 0.3) is 0 Å². The van der Waals surface area contributed by atoms with Gasteiger partial charge in [-0.1, -0.05) is 6.92 Å². The molecule has 0 radical (unpaired) electrons. The van der Waals surface area contributed by atoms with Gasteiger partial charge in [-0.25, -0.2) is 0 Å². The first-order chi connectivity index (χ1) is 4.19. The summed E-state index contributed by atoms with van der Waals surface area (Å²) in [6.07, 6.45) is 2.48. The van der Waals surface area contributed by atoms with Gasteiger partial charge < -0.3 is 5.11 Å². The van der Waals surface area contributed by atoms with Gasteiger partial charge in [-0.05, 0) is 12.8 Å². The Kier molecular flexibility index (Phi) is 1.58. The summed E-state index contributed by atoms with van der Waals surface area (Å²) in [5.74, 6) is 0.227. The van der Waals surface area contributed by atoms with Crippen LogP contribution in [0.15, 0.2) is 0 Å². The minimum absolute atomic E-state index is 0.0197. The van der Waals surface area contributed by atoms with Gasteiger partial charge in [0.15, 0.2) is 0 Å². The maximum Gasteiger partial charge on any atom is 0.141 e. The van der Waals surface area contributed by atoms with Gasteiger partial charge in [0.1, 0.15) is 5.78 Å². The summed E-state index contributed by atoms with van der Waals surface area (Å²) in [4.78, 5) is 11.0. The lowest BCUT2D eigenvalue weighted by molar-refractivity contribution is -0.126. The summed E-state index contributed by atoms with van der Waals surface area (Å²) in [6.45, 7) is 1.86. The summed E-state index contributed by atoms with van der Waals surface area (Å²) < 4.78 is 0. The van der Waals surface area contributed by atoms with E-state index in [1.807, 2.05) is 6.92 Å². The van der Waals surface area contributed by atoms with E-state index in [0.29, 0.717) is 6.42 Å². The van der Waals surface area contributed by atoms with Crippen LogP contribution < -0.4 is 0 Å². The van der Waals surface area contributed by atoms with E-state index in [-0.39, 0.29) is 17.8 Å². The smallest absolute Gasteiger partial charge is 0.141 e. The SMILES string of the molecule is C[C@@]1(CO)CCCC1=O. The molecular weight excluding hydrogens is 116 g/mol. The minimum Gasteiger partial charge on any atom is -0.395 e. The second kappa shape index (κ2) is 2.10. The van der Waals surface area contributed by atoms with E-state index in [2.05, 4.69) is 0 Å². The number of carbonyl (C=O) groups excluding carboxylic acids is 1. The van der Waals surface area contributed by atoms with Gasteiger partial charge in [0.05, 0.1) is 6.61 Å². The lowest BCUT2D eigenvalue weighted by Gasteiger charge is -2.16. The Morgan fingerprint density at radius 3 is 2.67 bits per heavy atom. The van der Waals surface area contributed by atoms with Crippen molar-refractivity contribution in [2.45, 2.75) is 26.2 Å². The van der Waals surface area contributed by atoms with E-state index < -0.39 is 0 Å². The van der Waals surface area contributed by atoms with Crippen molar-refractivity contribution in [3.05, 3.63) is 0 Å². The molecule has 0 amide bonds. The van der Waals surface area contributed by atoms with Crippen molar-refractivity contribution in [3.63, 3.8) is 0 Å². The summed E-state index contributed by atoms with van der Waals surface area (Å²) in [6, 6.07) is 0. The average Bonchev–Trinajstić information content (AvgIpc) is 2.15. The summed E-state index contributed by atoms with van der Waals surface area (Å²) in [5, 5.41) is 8.77. The summed E-state index contributed by atoms with van der Waals surface area (Å²) in [5.41, 5.74) is -0.389. The normalized spacial score (nSPS) is 35.6. The Balaban J connectivity index is 2.67. The monoisotopic (exact) mass is 128 g/mol. The third kappa shape index (κ3) is 0.990. The maximum absolute atomic E-state index is 11.0. The van der Waals surface area contributed by atoms with E-state index in [1.54, 1.807) is 0 Å². The second-order valence-corrected chi connectivity index (χ2v) is 3.00. The predicted molar refractivity (Wildman–Crippen MR) is 34.1 cm³/mol. The molecule has 0 heterocycles. The lowest BCUT2D eigenvalue weighted by Crippen LogP contribution is -2.25. The van der Waals surface area contributed by atoms with Crippen LogP contribution in [0, 0.1) is 5.41 Å². The van der Waals surface area contributed by atoms with Crippen LogP contribution in [-0.4, -0.2) is 17.5 Å². The molecule has 1 atom stereocenters. The van der Waals surface area contributed by atoms with E-state index in [1.165, 1.54) is 0 Å². The molecule has 0 saturated heterocycles. The first-order valence-electron chi connectivity index (χ1n) is 3.33. The predicted octanol–water partition coefficient (Wildman–Crippen LogP) is 0.738. The summed E-state index contributed by atoms with van der Waals surface area (Å²) >= 11 is 0. The van der Waals surface area contributed by atoms with Gasteiger partial charge in [-0.2, -0.15) is 0 Å². The van der Waals surface area contributed by atoms with Crippen LogP contribution in [0.3, 0.4) is 0 Å². The molecule has 2 heteroatoms. The fourth-order valence-electron chi connectivity index (χ4n) is 1.25. The molecule has 0 aromatic heterocycles. The van der Waals surface area contributed by atoms with Crippen molar-refractivity contribution in [2.24, 2.45) is 5.41 Å². The van der Waals surface area contributed by atoms with Gasteiger partial charge >= 0.3 is 0 Å². The number of Topliss-reactive ketones (excluding diaryl/α,β-unsaturated/α-hetero) is 1. The number of aliphatic hydroxyl groups excluding tert-OH is 1. The highest BCUT2D eigenvalue weighted by Crippen LogP contribution is 2.33. The van der Waals surface area contributed by atoms with E-state index >= 15 is 0 Å². The van der Waals surface area contributed by atoms with Crippen LogP contribution in [-0.2, 0) is 4.79 Å². The molecule has 0 aromatic carbocycles. The van der Waals surface area contributed by atoms with E-state index in [0.717, 1.165) is 12.8 Å². The van der Waals surface area contributed by atoms with Crippen LogP contribution in [0.1, 0.15) is 26.2 Å². The topological polar surface area (TPSA) is 37.3 Å². The lowest BCUT2D eigenvalue weighted by atomic mass is 9.89. The minimum atomic E-state index is -0.389. The molecule has 52 valence electrons. The highest BCUT2D eigenvalue weighted by atomic mass is 16.3. The molecular formula is C7H12O2. The molecule has 1 aliphatic carbocycles. The quantitative estimate of drug-likeness (QED) is 0.565. The molecule has 2 nitrogen and oxygen atoms in total. The van der Waals surface area contributed by atoms with Crippen molar-refractivity contribution in [1.82, 2.24) is 0 Å². The fourth-order valence-corrected chi connectivity index (χ4v) is 1.25. The molecule has 1 fully saturated rings. The van der Waals surface area contributed by atoms with Crippen molar-refractivity contribution >= 4 is 5.78 Å². The molecule has 0 aliphatic heterocycles. The van der Waals surface area contributed by atoms with Crippen LogP contribution in [0.4, 0.5) is 0 Å². The molecule has 0 unspecified atom stereocenters. The fraction of sp³-hybridized carbons (Fsp3) is 0.857. The Labute approximate surface area is 54.9 Å². The van der Waals surface area contributed by atoms with Gasteiger partial charge in [-0.15, -0.1) is 0 Å². The Bertz CT molecular complexity index is 131. The maximum atomic E-state index is 11.0. The molecule has 9 heavy (non-hydrogen) atoms. The summed E-state index contributed by atoms with van der Waals surface area (Å²) in [7, 11) is 0. The van der Waals surface area contributed by atoms with Crippen molar-refractivity contribution in [1.29, 1.82) is 0 Å². The third-order valence-electron chi connectivity index (χ3n) is 2.15. The standard InChI is InChI=1S/C7H12O2/c1-7(5-8)4-2-3-6(7)9/h8H,2-5H2,1H3/t7-/m0/s1. The van der Waals surface area contributed by atoms with Crippen molar-refractivity contribution < 1.29 is 9.90 Å². The number of aliphatic hydroxyl groups is 1. The number of hydrogen-bond donors (Lipinski definition) is 1. The van der Waals surface area contributed by atoms with Gasteiger partial charge in [0.25, 0.3) is 0 Å². The highest BCUT2D eigenvalue weighted by molar-refractivity contribution is 5.86. The van der Waals surface area contributed by atoms with Crippen LogP contribution in [0.5, 0.6) is 0 Å². The Hall–Kier alpha value is -0.370. The zero-order valence-electron chi connectivity index (χ0n) is 5.68. The first kappa shape index (κ1) is 6.75. The molecule has 1 saturated carbocycles. The molecule has 0 aromatic rings. The van der Waals surface area contributed by atoms with Crippen LogP contribution in [0.2, 0.25) is 0 Å². The van der Waals surface area contributed by atoms with E-state index in [9.17, 15) is 4.79 Å². The van der Waals surface area contributed by atoms with E-state index in [4.69, 9.17) is 5.11 Å². The molecule has 0 spiro atoms. The van der Waals surface area contributed by atoms with Gasteiger partial charge in [0, 0.05) is 11.8 Å². The zero-order chi connectivity index (χ0) is 6.91. The zero-order valence-corrected chi connectivity index (χ0v) is 5.68. The first-order valence-corrected chi connectivity index (χ1v) is 3.33. The van der Waals surface area contributed by atoms with Crippen LogP contribution >= 0.6 is 0 Å². The van der Waals surface area contributed by atoms with Gasteiger partial charge in [-0.3, -0.25) is 4.79 Å². The largest absolute Gasteiger partial charge is 0.395 e. The second-order valence-electron chi connectivity index (χ2n) is 3.00. The molecule has 0 bridgehead atoms. The number of hydrogen-bond acceptors (Lipinski definition) is 2. The number of ketones is 1. The average molecular weight is 128 g/mol. The third-order valence-corrected chi connectivity index (χ3v) is 2.15. The van der Waals surface area contributed by atoms with Crippen molar-refractivity contribution in [2.75, 3.05) is 6.61 Å². The molecule has 1 rings (SSSR count). The highest BCUT2D eigenvalue weighted by Gasteiger charge is 2.36. The number of carbonyl (C=O) groups is 1.